The van der Waals surface area contributed by atoms with Crippen LogP contribution in [0.15, 0.2) is 0 Å². The van der Waals surface area contributed by atoms with Crippen molar-refractivity contribution < 1.29 is 26.6 Å². The summed E-state index contributed by atoms with van der Waals surface area (Å²) in [5.41, 5.74) is 6.34. The molecule has 2 N–H and O–H groups in total. The van der Waals surface area contributed by atoms with Crippen molar-refractivity contribution in [3.05, 3.63) is 0 Å². The maximum Gasteiger partial charge on any atom is 0.500 e. The second-order valence-electron chi connectivity index (χ2n) is 7.33. The van der Waals surface area contributed by atoms with Gasteiger partial charge in [-0.3, -0.25) is 0 Å². The molecular weight excluding hydrogens is 406 g/mol. The van der Waals surface area contributed by atoms with Crippen molar-refractivity contribution in [2.75, 3.05) is 39.6 Å². The van der Waals surface area contributed by atoms with E-state index in [-0.39, 0.29) is 5.54 Å². The highest BCUT2D eigenvalue weighted by Gasteiger charge is 2.41. The maximum atomic E-state index is 6.61. The third-order valence-corrected chi connectivity index (χ3v) is 11.0. The highest BCUT2D eigenvalue weighted by Crippen LogP contribution is 2.26. The summed E-state index contributed by atoms with van der Waals surface area (Å²) in [5, 5.41) is 0. The quantitative estimate of drug-likeness (QED) is 0.274. The van der Waals surface area contributed by atoms with Crippen molar-refractivity contribution in [1.29, 1.82) is 0 Å². The Morgan fingerprint density at radius 3 is 1.00 bits per heavy atom. The molecule has 0 aromatic carbocycles. The maximum absolute atomic E-state index is 6.61. The fourth-order valence-corrected chi connectivity index (χ4v) is 8.77. The largest absolute Gasteiger partial charge is 0.500 e. The second-order valence-corrected chi connectivity index (χ2v) is 12.8. The molecule has 0 aromatic rings. The van der Waals surface area contributed by atoms with Gasteiger partial charge in [-0.1, -0.05) is 0 Å². The van der Waals surface area contributed by atoms with Gasteiger partial charge in [0.15, 0.2) is 0 Å². The molecule has 9 heteroatoms. The van der Waals surface area contributed by atoms with Gasteiger partial charge in [0, 0.05) is 57.3 Å². The zero-order valence-electron chi connectivity index (χ0n) is 20.0. The first-order valence-corrected chi connectivity index (χ1v) is 15.3. The first-order valence-electron chi connectivity index (χ1n) is 11.4. The van der Waals surface area contributed by atoms with Crippen molar-refractivity contribution in [2.45, 2.75) is 91.8 Å². The molecule has 7 nitrogen and oxygen atoms in total. The van der Waals surface area contributed by atoms with Gasteiger partial charge in [0.1, 0.15) is 0 Å². The molecule has 0 aliphatic heterocycles. The molecular formula is C20H47NO6Si2. The monoisotopic (exact) mass is 453 g/mol. The van der Waals surface area contributed by atoms with E-state index in [1.807, 2.05) is 41.5 Å². The minimum atomic E-state index is -2.60. The molecule has 0 bridgehead atoms. The van der Waals surface area contributed by atoms with Gasteiger partial charge >= 0.3 is 17.6 Å². The molecule has 0 amide bonds. The average molecular weight is 454 g/mol. The van der Waals surface area contributed by atoms with E-state index in [2.05, 4.69) is 6.92 Å². The van der Waals surface area contributed by atoms with Crippen LogP contribution in [0.3, 0.4) is 0 Å². The van der Waals surface area contributed by atoms with Crippen LogP contribution in [-0.2, 0) is 26.6 Å². The molecule has 0 heterocycles. The predicted octanol–water partition coefficient (Wildman–Crippen LogP) is 4.36. The Morgan fingerprint density at radius 1 is 0.552 bits per heavy atom. The smallest absolute Gasteiger partial charge is 0.374 e. The molecule has 0 atom stereocenters. The number of rotatable bonds is 20. The molecule has 0 fully saturated rings. The summed E-state index contributed by atoms with van der Waals surface area (Å²) in [7, 11) is -5.19. The fourth-order valence-electron chi connectivity index (χ4n) is 3.54. The Balaban J connectivity index is 4.69. The molecule has 0 rings (SSSR count). The lowest BCUT2D eigenvalue weighted by atomic mass is 9.92. The van der Waals surface area contributed by atoms with Gasteiger partial charge < -0.3 is 32.3 Å². The zero-order valence-corrected chi connectivity index (χ0v) is 22.0. The van der Waals surface area contributed by atoms with Crippen molar-refractivity contribution >= 4 is 17.6 Å². The molecule has 0 saturated heterocycles. The lowest BCUT2D eigenvalue weighted by Crippen LogP contribution is -2.47. The van der Waals surface area contributed by atoms with Crippen molar-refractivity contribution in [1.82, 2.24) is 0 Å². The van der Waals surface area contributed by atoms with Crippen LogP contribution in [-0.4, -0.2) is 62.8 Å². The highest BCUT2D eigenvalue weighted by atomic mass is 28.4. The summed E-state index contributed by atoms with van der Waals surface area (Å²) >= 11 is 0. The molecule has 0 spiro atoms. The number of nitrogens with two attached hydrogens (primary N) is 1. The van der Waals surface area contributed by atoms with Crippen LogP contribution in [0.2, 0.25) is 12.1 Å². The highest BCUT2D eigenvalue weighted by molar-refractivity contribution is 6.61. The van der Waals surface area contributed by atoms with Crippen LogP contribution in [0.5, 0.6) is 0 Å². The van der Waals surface area contributed by atoms with E-state index < -0.39 is 17.6 Å². The van der Waals surface area contributed by atoms with E-state index in [0.717, 1.165) is 37.8 Å². The topological polar surface area (TPSA) is 81.4 Å². The van der Waals surface area contributed by atoms with Crippen LogP contribution < -0.4 is 5.73 Å². The van der Waals surface area contributed by atoms with Gasteiger partial charge in [-0.2, -0.15) is 0 Å². The SMILES string of the molecule is CCO[Si](CCCC(C)(N)CCC[Si](OCC)(OCC)OCC)(OCC)OCC. The van der Waals surface area contributed by atoms with E-state index in [4.69, 9.17) is 32.3 Å². The van der Waals surface area contributed by atoms with Crippen LogP contribution in [0.25, 0.3) is 0 Å². The summed E-state index contributed by atoms with van der Waals surface area (Å²) in [4.78, 5) is 0. The lowest BCUT2D eigenvalue weighted by molar-refractivity contribution is 0.0701. The molecule has 0 aromatic heterocycles. The summed E-state index contributed by atoms with van der Waals surface area (Å²) in [6, 6.07) is 1.59. The summed E-state index contributed by atoms with van der Waals surface area (Å²) < 4.78 is 35.6. The lowest BCUT2D eigenvalue weighted by Gasteiger charge is -2.32. The van der Waals surface area contributed by atoms with Gasteiger partial charge in [0.2, 0.25) is 0 Å². The Hall–Kier alpha value is 0.154. The van der Waals surface area contributed by atoms with E-state index in [1.54, 1.807) is 0 Å². The van der Waals surface area contributed by atoms with Crippen LogP contribution >= 0.6 is 0 Å². The van der Waals surface area contributed by atoms with Crippen molar-refractivity contribution in [2.24, 2.45) is 5.73 Å². The van der Waals surface area contributed by atoms with E-state index in [0.29, 0.717) is 39.6 Å². The second kappa shape index (κ2) is 15.9. The Bertz CT molecular complexity index is 333. The first-order chi connectivity index (χ1) is 13.8. The van der Waals surface area contributed by atoms with Crippen molar-refractivity contribution in [3.63, 3.8) is 0 Å². The van der Waals surface area contributed by atoms with E-state index >= 15 is 0 Å². The van der Waals surface area contributed by atoms with Gasteiger partial charge in [0.25, 0.3) is 0 Å². The standard InChI is InChI=1S/C20H47NO6Si2/c1-8-22-28(23-9-2,24-10-3)18-14-16-20(7,21)17-15-19-29(25-11-4,26-12-5)27-13-6/h8-19,21H2,1-7H3. The summed E-state index contributed by atoms with van der Waals surface area (Å²) in [6.45, 7) is 17.6. The number of hydrogen-bond donors (Lipinski definition) is 1. The molecule has 0 saturated carbocycles. The van der Waals surface area contributed by atoms with Crippen molar-refractivity contribution in [3.8, 4) is 0 Å². The van der Waals surface area contributed by atoms with Crippen LogP contribution in [0.1, 0.15) is 74.1 Å². The Labute approximate surface area is 181 Å². The van der Waals surface area contributed by atoms with Crippen LogP contribution in [0, 0.1) is 0 Å². The minimum Gasteiger partial charge on any atom is -0.374 e. The predicted molar refractivity (Wildman–Crippen MR) is 122 cm³/mol. The van der Waals surface area contributed by atoms with E-state index in [1.165, 1.54) is 0 Å². The van der Waals surface area contributed by atoms with Gasteiger partial charge in [-0.05, 0) is 74.1 Å². The fraction of sp³-hybridized carbons (Fsp3) is 1.00. The Morgan fingerprint density at radius 2 is 0.793 bits per heavy atom. The molecule has 29 heavy (non-hydrogen) atoms. The Kier molecular flexibility index (Phi) is 16.0. The number of hydrogen-bond acceptors (Lipinski definition) is 7. The first kappa shape index (κ1) is 29.2. The summed E-state index contributed by atoms with van der Waals surface area (Å²) in [6.07, 6.45) is 3.62. The third-order valence-electron chi connectivity index (χ3n) is 4.65. The van der Waals surface area contributed by atoms with Gasteiger partial charge in [-0.25, -0.2) is 0 Å². The van der Waals surface area contributed by atoms with Gasteiger partial charge in [-0.15, -0.1) is 0 Å². The van der Waals surface area contributed by atoms with Crippen LogP contribution in [0.4, 0.5) is 0 Å². The molecule has 0 aliphatic carbocycles. The molecule has 0 aliphatic rings. The average Bonchev–Trinajstić information content (AvgIpc) is 2.63. The van der Waals surface area contributed by atoms with E-state index in [9.17, 15) is 0 Å². The summed E-state index contributed by atoms with van der Waals surface area (Å²) in [5.74, 6) is 0. The molecule has 0 radical (unpaired) electrons. The zero-order chi connectivity index (χ0) is 22.2. The minimum absolute atomic E-state index is 0.268. The normalized spacial score (nSPS) is 13.2. The molecule has 0 unspecified atom stereocenters. The third kappa shape index (κ3) is 11.9. The van der Waals surface area contributed by atoms with Gasteiger partial charge in [0.05, 0.1) is 0 Å². The molecule has 176 valence electrons.